The van der Waals surface area contributed by atoms with Crippen molar-refractivity contribution in [3.05, 3.63) is 70.8 Å². The molecule has 1 saturated carbocycles. The summed E-state index contributed by atoms with van der Waals surface area (Å²) in [5.41, 5.74) is 2.88. The van der Waals surface area contributed by atoms with Gasteiger partial charge >= 0.3 is 0 Å². The fourth-order valence-electron chi connectivity index (χ4n) is 7.30. The van der Waals surface area contributed by atoms with Gasteiger partial charge in [0.15, 0.2) is 5.69 Å². The molecule has 2 aliphatic heterocycles. The highest BCUT2D eigenvalue weighted by Gasteiger charge is 2.52. The van der Waals surface area contributed by atoms with E-state index < -0.39 is 0 Å². The summed E-state index contributed by atoms with van der Waals surface area (Å²) in [4.78, 5) is 8.45. The Morgan fingerprint density at radius 1 is 1.03 bits per heavy atom. The van der Waals surface area contributed by atoms with Crippen LogP contribution in [0.3, 0.4) is 0 Å². The number of benzene rings is 2. The molecular formula is C30H38FN3O. The van der Waals surface area contributed by atoms with Gasteiger partial charge in [-0.1, -0.05) is 37.1 Å². The smallest absolute Gasteiger partial charge is 0.187 e. The van der Waals surface area contributed by atoms with E-state index in [1.807, 2.05) is 18.2 Å². The van der Waals surface area contributed by atoms with E-state index in [0.717, 1.165) is 63.3 Å². The van der Waals surface area contributed by atoms with E-state index in [4.69, 9.17) is 11.3 Å². The lowest BCUT2D eigenvalue weighted by Crippen LogP contribution is -2.56. The first-order chi connectivity index (χ1) is 17.1. The van der Waals surface area contributed by atoms with Gasteiger partial charge in [0.25, 0.3) is 0 Å². The molecule has 4 nitrogen and oxygen atoms in total. The molecule has 0 bridgehead atoms. The molecule has 186 valence electrons. The van der Waals surface area contributed by atoms with Crippen molar-refractivity contribution in [3.8, 4) is 5.75 Å². The van der Waals surface area contributed by atoms with Crippen LogP contribution in [0.5, 0.6) is 5.75 Å². The molecular weight excluding hydrogens is 437 g/mol. The third kappa shape index (κ3) is 4.97. The normalized spacial score (nSPS) is 24.3. The van der Waals surface area contributed by atoms with Gasteiger partial charge in [-0.15, -0.1) is 0 Å². The van der Waals surface area contributed by atoms with Crippen LogP contribution in [0.4, 0.5) is 10.1 Å². The molecule has 1 unspecified atom stereocenters. The highest BCUT2D eigenvalue weighted by atomic mass is 19.1. The molecule has 2 aromatic rings. The zero-order valence-electron chi connectivity index (χ0n) is 21.0. The lowest BCUT2D eigenvalue weighted by atomic mass is 9.57. The first kappa shape index (κ1) is 24.3. The predicted octanol–water partition coefficient (Wildman–Crippen LogP) is 6.43. The summed E-state index contributed by atoms with van der Waals surface area (Å²) < 4.78 is 21.4. The van der Waals surface area contributed by atoms with Crippen molar-refractivity contribution < 1.29 is 9.13 Å². The van der Waals surface area contributed by atoms with E-state index in [0.29, 0.717) is 24.1 Å². The van der Waals surface area contributed by atoms with Crippen LogP contribution in [-0.2, 0) is 12.0 Å². The van der Waals surface area contributed by atoms with Crippen molar-refractivity contribution in [1.82, 2.24) is 9.80 Å². The fraction of sp³-hybridized carbons (Fsp3) is 0.567. The molecule has 0 spiro atoms. The molecule has 1 saturated heterocycles. The van der Waals surface area contributed by atoms with Crippen molar-refractivity contribution in [3.63, 3.8) is 0 Å². The van der Waals surface area contributed by atoms with E-state index in [-0.39, 0.29) is 11.2 Å². The first-order valence-corrected chi connectivity index (χ1v) is 13.4. The van der Waals surface area contributed by atoms with Gasteiger partial charge in [-0.2, -0.15) is 0 Å². The molecule has 35 heavy (non-hydrogen) atoms. The van der Waals surface area contributed by atoms with Crippen LogP contribution in [0.15, 0.2) is 42.5 Å². The summed E-state index contributed by atoms with van der Waals surface area (Å²) in [6.07, 6.45) is 8.36. The Hall–Kier alpha value is -2.42. The molecule has 1 aliphatic carbocycles. The Morgan fingerprint density at radius 3 is 2.46 bits per heavy atom. The predicted molar refractivity (Wildman–Crippen MR) is 138 cm³/mol. The second-order valence-electron chi connectivity index (χ2n) is 10.9. The summed E-state index contributed by atoms with van der Waals surface area (Å²) in [6.45, 7) is 12.8. The van der Waals surface area contributed by atoms with Gasteiger partial charge in [0.05, 0.1) is 13.2 Å². The van der Waals surface area contributed by atoms with Gasteiger partial charge in [-0.3, -0.25) is 0 Å². The van der Waals surface area contributed by atoms with Gasteiger partial charge in [0, 0.05) is 30.6 Å². The zero-order chi connectivity index (χ0) is 24.3. The number of piperidine rings is 1. The Morgan fingerprint density at radius 2 is 1.74 bits per heavy atom. The average molecular weight is 476 g/mol. The number of rotatable bonds is 7. The average Bonchev–Trinajstić information content (AvgIpc) is 3.42. The largest absolute Gasteiger partial charge is 0.494 e. The molecule has 0 amide bonds. The molecule has 2 aromatic carbocycles. The van der Waals surface area contributed by atoms with Crippen LogP contribution in [0.25, 0.3) is 4.85 Å². The van der Waals surface area contributed by atoms with Crippen molar-refractivity contribution in [2.24, 2.45) is 11.8 Å². The van der Waals surface area contributed by atoms with E-state index in [2.05, 4.69) is 27.8 Å². The molecule has 1 atom stereocenters. The second kappa shape index (κ2) is 10.7. The standard InChI is InChI=1S/C30H38FN3O/c1-32-26-11-13-27(14-12-26)35-20-6-17-34-18-15-25(16-19-34)30(24-8-3-4-9-24)22-33(2)21-23-7-5-10-28(31)29(23)30/h5,7,10-14,24-25H,3-4,6,8-9,15-22H2,2H3. The highest BCUT2D eigenvalue weighted by molar-refractivity contribution is 5.47. The van der Waals surface area contributed by atoms with E-state index in [1.165, 1.54) is 31.2 Å². The SMILES string of the molecule is [C-]#[N+]c1ccc(OCCCN2CCC(C3(C4CCCC4)CN(C)Cc4cccc(F)c43)CC2)cc1. The summed E-state index contributed by atoms with van der Waals surface area (Å²) in [6, 6.07) is 13.1. The number of fused-ring (bicyclic) bond motifs is 1. The molecule has 5 heteroatoms. The van der Waals surface area contributed by atoms with Crippen LogP contribution in [0, 0.1) is 24.2 Å². The number of hydrogen-bond donors (Lipinski definition) is 0. The van der Waals surface area contributed by atoms with Crippen LogP contribution in [0.2, 0.25) is 0 Å². The summed E-state index contributed by atoms with van der Waals surface area (Å²) in [7, 11) is 2.22. The van der Waals surface area contributed by atoms with E-state index in [9.17, 15) is 0 Å². The topological polar surface area (TPSA) is 20.1 Å². The van der Waals surface area contributed by atoms with Crippen LogP contribution in [-0.4, -0.2) is 49.6 Å². The van der Waals surface area contributed by atoms with Gasteiger partial charge in [0.1, 0.15) is 11.6 Å². The molecule has 0 N–H and O–H groups in total. The van der Waals surface area contributed by atoms with Crippen LogP contribution in [0.1, 0.15) is 56.1 Å². The van der Waals surface area contributed by atoms with Crippen molar-refractivity contribution in [1.29, 1.82) is 0 Å². The summed E-state index contributed by atoms with van der Waals surface area (Å²) >= 11 is 0. The van der Waals surface area contributed by atoms with Gasteiger partial charge in [-0.05, 0) is 87.8 Å². The minimum Gasteiger partial charge on any atom is -0.494 e. The maximum atomic E-state index is 15.5. The number of nitrogens with zero attached hydrogens (tertiary/aromatic N) is 3. The number of ether oxygens (including phenoxy) is 1. The summed E-state index contributed by atoms with van der Waals surface area (Å²) in [5, 5.41) is 0. The highest BCUT2D eigenvalue weighted by Crippen LogP contribution is 2.53. The number of likely N-dealkylation sites (N-methyl/N-ethyl adjacent to an activating group) is 1. The van der Waals surface area contributed by atoms with Gasteiger partial charge in [-0.25, -0.2) is 9.24 Å². The minimum atomic E-state index is -0.0448. The zero-order valence-corrected chi connectivity index (χ0v) is 21.0. The molecule has 2 heterocycles. The molecule has 0 radical (unpaired) electrons. The first-order valence-electron chi connectivity index (χ1n) is 13.4. The van der Waals surface area contributed by atoms with Crippen molar-refractivity contribution in [2.75, 3.05) is 39.8 Å². The third-order valence-electron chi connectivity index (χ3n) is 8.79. The number of halogens is 1. The van der Waals surface area contributed by atoms with Crippen LogP contribution < -0.4 is 4.74 Å². The van der Waals surface area contributed by atoms with Crippen molar-refractivity contribution >= 4 is 5.69 Å². The second-order valence-corrected chi connectivity index (χ2v) is 10.9. The lowest BCUT2D eigenvalue weighted by molar-refractivity contribution is 0.0432. The minimum absolute atomic E-state index is 0.0338. The third-order valence-corrected chi connectivity index (χ3v) is 8.79. The molecule has 2 fully saturated rings. The van der Waals surface area contributed by atoms with Gasteiger partial charge < -0.3 is 14.5 Å². The molecule has 0 aromatic heterocycles. The Bertz CT molecular complexity index is 1030. The number of hydrogen-bond acceptors (Lipinski definition) is 3. The maximum Gasteiger partial charge on any atom is 0.187 e. The van der Waals surface area contributed by atoms with E-state index in [1.54, 1.807) is 18.2 Å². The molecule has 5 rings (SSSR count). The summed E-state index contributed by atoms with van der Waals surface area (Å²) in [5.74, 6) is 2.00. The van der Waals surface area contributed by atoms with Gasteiger partial charge in [0.2, 0.25) is 0 Å². The number of likely N-dealkylation sites (tertiary alicyclic amines) is 1. The molecule has 3 aliphatic rings. The van der Waals surface area contributed by atoms with E-state index >= 15 is 4.39 Å². The fourth-order valence-corrected chi connectivity index (χ4v) is 7.30. The van der Waals surface area contributed by atoms with Crippen LogP contribution >= 0.6 is 0 Å². The Labute approximate surface area is 209 Å². The Balaban J connectivity index is 1.23. The quantitative estimate of drug-likeness (QED) is 0.340. The van der Waals surface area contributed by atoms with Crippen molar-refractivity contribution in [2.45, 2.75) is 56.9 Å². The Kier molecular flexibility index (Phi) is 7.41. The maximum absolute atomic E-state index is 15.5. The lowest BCUT2D eigenvalue weighted by Gasteiger charge is -2.53. The monoisotopic (exact) mass is 475 g/mol.